The van der Waals surface area contributed by atoms with Crippen LogP contribution in [0.25, 0.3) is 0 Å². The number of rotatable bonds is 18. The first-order valence-corrected chi connectivity index (χ1v) is 36.7. The van der Waals surface area contributed by atoms with Gasteiger partial charge in [0.15, 0.2) is 11.6 Å². The fourth-order valence-electron chi connectivity index (χ4n) is 17.7. The molecular weight excluding hydrogens is 1350 g/mol. The molecule has 9 fully saturated rings. The Labute approximate surface area is 632 Å². The zero-order chi connectivity index (χ0) is 73.7. The average Bonchev–Trinajstić information content (AvgIpc) is 1.58. The van der Waals surface area contributed by atoms with Crippen molar-refractivity contribution in [1.29, 1.82) is 0 Å². The Kier molecular flexibility index (Phi) is 35.2. The summed E-state index contributed by atoms with van der Waals surface area (Å²) in [5, 5.41) is 12.7. The number of allylic oxidation sites excluding steroid dienone is 2. The van der Waals surface area contributed by atoms with E-state index in [1.807, 2.05) is 45.3 Å². The van der Waals surface area contributed by atoms with Crippen LogP contribution in [0, 0.1) is 53.9 Å². The fourth-order valence-corrected chi connectivity index (χ4v) is 17.7. The number of amides is 1. The number of carbonyl (C=O) groups excluding carboxylic acids is 5. The predicted octanol–water partition coefficient (Wildman–Crippen LogP) is 9.58. The summed E-state index contributed by atoms with van der Waals surface area (Å²) in [6.07, 6.45) is 23.0. The molecule has 16 atom stereocenters. The van der Waals surface area contributed by atoms with E-state index < -0.39 is 24.0 Å². The van der Waals surface area contributed by atoms with Gasteiger partial charge in [-0.05, 0) is 226 Å². The number of hydrogen-bond donors (Lipinski definition) is 3. The summed E-state index contributed by atoms with van der Waals surface area (Å²) in [4.78, 5) is 82.7. The number of esters is 2. The maximum Gasteiger partial charge on any atom is 1.00 e. The van der Waals surface area contributed by atoms with E-state index in [1.54, 1.807) is 63.1 Å². The Morgan fingerprint density at radius 1 is 0.519 bits per heavy atom. The second-order valence-electron chi connectivity index (χ2n) is 28.7. The third kappa shape index (κ3) is 21.9. The number of fused-ring (bicyclic) bond motifs is 8. The van der Waals surface area contributed by atoms with Crippen molar-refractivity contribution >= 4 is 48.9 Å². The van der Waals surface area contributed by atoms with Crippen LogP contribution < -0.4 is 29.9 Å². The van der Waals surface area contributed by atoms with E-state index in [9.17, 15) is 51.4 Å². The number of carboxylic acid groups (broad SMARTS) is 1. The molecule has 8 aliphatic heterocycles. The van der Waals surface area contributed by atoms with Gasteiger partial charge in [-0.15, -0.1) is 0 Å². The van der Waals surface area contributed by atoms with Crippen molar-refractivity contribution in [3.05, 3.63) is 174 Å². The summed E-state index contributed by atoms with van der Waals surface area (Å²) in [5.41, 5.74) is 9.23. The van der Waals surface area contributed by atoms with E-state index in [0.717, 1.165) is 138 Å². The van der Waals surface area contributed by atoms with Crippen molar-refractivity contribution in [3.63, 3.8) is 0 Å². The van der Waals surface area contributed by atoms with E-state index in [2.05, 4.69) is 50.7 Å². The monoisotopic (exact) mass is 1460 g/mol. The van der Waals surface area contributed by atoms with E-state index in [1.165, 1.54) is 55.6 Å². The first-order valence-electron chi connectivity index (χ1n) is 36.7. The molecule has 0 aromatic heterocycles. The molecule has 17 nitrogen and oxygen atoms in total. The number of thiol groups is 1. The molecule has 16 unspecified atom stereocenters. The molecule has 8 heterocycles. The maximum absolute atomic E-state index is 13.3. The molecule has 4 aromatic carbocycles. The molecule has 23 heteroatoms. The van der Waals surface area contributed by atoms with Crippen LogP contribution in [-0.4, -0.2) is 177 Å². The van der Waals surface area contributed by atoms with Crippen molar-refractivity contribution in [2.45, 2.75) is 207 Å². The number of methoxy groups -OCH3 is 3. The number of Topliss-reactive ketones (excluding diaryl/α,β-unsaturated/α-hetero) is 2. The first kappa shape index (κ1) is 86.6. The molecule has 8 bridgehead atoms. The number of carboxylic acids is 1. The molecule has 104 heavy (non-hydrogen) atoms. The number of ether oxygens (including phenoxy) is 4. The Bertz CT molecular complexity index is 3400. The van der Waals surface area contributed by atoms with Gasteiger partial charge < -0.3 is 55.5 Å². The SMILES string of the molecule is CN1C2CCC1C(C(=O)O)C(c1ccc(F)cc1)C2.CN1C2CCC1C(C(=O)OC1C(=O)CCC1=O)C(c1ccc(F)cc1)C2.CO/C=C/CCCN.CO/C=C/CCCNC(=O)C1C(c2ccc(F)cc2)CC2CCC1N2C.COC(=O)C1C(c2ccc(F)cc2)CC2CCC1N2C.[CH2-]CC.[Li+].[SH-]. The molecule has 566 valence electrons. The average molecular weight is 1460 g/mol. The third-order valence-electron chi connectivity index (χ3n) is 22.9. The smallest absolute Gasteiger partial charge is 0.813 e. The first-order chi connectivity index (χ1) is 49.1. The minimum Gasteiger partial charge on any atom is -0.813 e. The number of nitrogens with zero attached hydrogens (tertiary/aromatic N) is 4. The zero-order valence-corrected chi connectivity index (χ0v) is 63.2. The number of ketones is 2. The van der Waals surface area contributed by atoms with Gasteiger partial charge in [0, 0.05) is 85.5 Å². The molecule has 1 amide bonds. The van der Waals surface area contributed by atoms with Crippen molar-refractivity contribution in [1.82, 2.24) is 24.9 Å². The van der Waals surface area contributed by atoms with Gasteiger partial charge in [-0.2, -0.15) is 6.42 Å². The van der Waals surface area contributed by atoms with Crippen molar-refractivity contribution in [2.75, 3.05) is 62.6 Å². The van der Waals surface area contributed by atoms with Gasteiger partial charge in [0.05, 0.1) is 57.5 Å². The Morgan fingerprint density at radius 3 is 1.15 bits per heavy atom. The maximum atomic E-state index is 13.3. The number of aliphatic carboxylic acids is 1. The quantitative estimate of drug-likeness (QED) is 0.00974. The zero-order valence-electron chi connectivity index (χ0n) is 62.3. The Morgan fingerprint density at radius 2 is 0.827 bits per heavy atom. The van der Waals surface area contributed by atoms with Crippen molar-refractivity contribution in [3.8, 4) is 0 Å². The van der Waals surface area contributed by atoms with Crippen molar-refractivity contribution < 1.29 is 89.2 Å². The number of nitrogens with two attached hydrogens (primary N) is 1. The fraction of sp³-hybridized carbons (Fsp3) is 0.568. The third-order valence-corrected chi connectivity index (χ3v) is 22.9. The molecule has 9 aliphatic rings. The second-order valence-corrected chi connectivity index (χ2v) is 28.7. The van der Waals surface area contributed by atoms with Crippen LogP contribution >= 0.6 is 0 Å². The Hall–Kier alpha value is -6.35. The van der Waals surface area contributed by atoms with Gasteiger partial charge in [0.2, 0.25) is 12.0 Å². The molecule has 0 spiro atoms. The van der Waals surface area contributed by atoms with Gasteiger partial charge in [0.1, 0.15) is 23.3 Å². The van der Waals surface area contributed by atoms with Gasteiger partial charge >= 0.3 is 36.8 Å². The summed E-state index contributed by atoms with van der Waals surface area (Å²) in [6, 6.07) is 28.4. The number of nitrogens with one attached hydrogen (secondary N) is 1. The van der Waals surface area contributed by atoms with Crippen LogP contribution in [0.1, 0.15) is 175 Å². The molecule has 1 saturated carbocycles. The summed E-state index contributed by atoms with van der Waals surface area (Å²) < 4.78 is 72.7. The molecule has 13 rings (SSSR count). The van der Waals surface area contributed by atoms with Gasteiger partial charge in [-0.25, -0.2) is 17.6 Å². The van der Waals surface area contributed by atoms with Gasteiger partial charge in [-0.3, -0.25) is 48.4 Å². The predicted molar refractivity (Wildman–Crippen MR) is 393 cm³/mol. The standard InChI is InChI=1S/C21H29FN2O2.C20H22FNO4.C16H20FNO2.C15H18FNO2.C6H13NO.C3H7.Li.H2S/c1-24-17-10-11-19(24)20(21(25)23-12-4-3-5-13-26-2)18(14-17)15-6-8-16(22)9-7-15;1-22-13-6-7-15(22)18(14(10-13)11-2-4-12(21)5-3-11)20(25)26-19-16(23)8-9-17(19)24;1-18-12-7-8-14(18)15(16(19)20-2)13(9-12)10-3-5-11(17)6-4-10;1-17-11-6-7-13(17)14(15(18)19)12(8-11)9-2-4-10(16)5-3-9;1-8-6-4-2-3-5-7;1-3-2;;/h5-9,13,17-20H,3-4,10-12,14H2,1-2H3,(H,23,25);2-5,13-15,18-19H,6-10H2,1H3;3-6,12-15H,7-9H2,1-2H3;2-5,11-14H,6-8H2,1H3,(H,18,19);4,6H,2-3,5,7H2,1H3;1,3H2,2H3;;1H2/q;;;;;-1;+1;/p-1/b13-5+;;;;6-4+;;;. The van der Waals surface area contributed by atoms with Crippen LogP contribution in [0.3, 0.4) is 0 Å². The van der Waals surface area contributed by atoms with Gasteiger partial charge in [0.25, 0.3) is 0 Å². The molecular formula is C81H110F4LiN6O11S-. The van der Waals surface area contributed by atoms with Crippen LogP contribution in [0.2, 0.25) is 0 Å². The topological polar surface area (TPSA) is 211 Å². The number of halogens is 4. The summed E-state index contributed by atoms with van der Waals surface area (Å²) in [6.45, 7) is 6.92. The molecule has 0 radical (unpaired) electrons. The number of hydrogen-bond acceptors (Lipinski definition) is 16. The summed E-state index contributed by atoms with van der Waals surface area (Å²) >= 11 is 0. The van der Waals surface area contributed by atoms with E-state index in [4.69, 9.17) is 19.9 Å². The van der Waals surface area contributed by atoms with Crippen LogP contribution in [-0.2, 0) is 61.2 Å². The normalized spacial score (nSPS) is 28.8. The molecule has 1 aliphatic carbocycles. The number of carbonyl (C=O) groups is 6. The number of piperidine rings is 4. The minimum atomic E-state index is -1.24. The minimum absolute atomic E-state index is 0. The molecule has 4 N–H and O–H groups in total. The largest absolute Gasteiger partial charge is 1.00 e. The molecule has 4 aromatic rings. The summed E-state index contributed by atoms with van der Waals surface area (Å²) in [7, 11) is 13.0. The van der Waals surface area contributed by atoms with Gasteiger partial charge in [-0.1, -0.05) is 55.5 Å². The van der Waals surface area contributed by atoms with E-state index in [0.29, 0.717) is 30.7 Å². The van der Waals surface area contributed by atoms with Crippen molar-refractivity contribution in [2.24, 2.45) is 29.4 Å². The molecule has 8 saturated heterocycles. The van der Waals surface area contributed by atoms with Crippen LogP contribution in [0.4, 0.5) is 17.6 Å². The number of unbranched alkanes of at least 4 members (excludes halogenated alkanes) is 2. The van der Waals surface area contributed by atoms with Crippen LogP contribution in [0.15, 0.2) is 122 Å². The van der Waals surface area contributed by atoms with E-state index in [-0.39, 0.29) is 158 Å². The second kappa shape index (κ2) is 42.3. The summed E-state index contributed by atoms with van der Waals surface area (Å²) in [5.74, 6) is -3.73. The van der Waals surface area contributed by atoms with Crippen LogP contribution in [0.5, 0.6) is 0 Å². The van der Waals surface area contributed by atoms with E-state index >= 15 is 0 Å². The Balaban J connectivity index is 0.000000207. The number of benzene rings is 4.